The van der Waals surface area contributed by atoms with Crippen molar-refractivity contribution in [2.45, 2.75) is 25.7 Å². The number of carbonyl (C=O) groups is 2. The van der Waals surface area contributed by atoms with Gasteiger partial charge in [0, 0.05) is 28.7 Å². The molecule has 1 fully saturated rings. The molecule has 2 aromatic rings. The first-order chi connectivity index (χ1) is 13.0. The van der Waals surface area contributed by atoms with Gasteiger partial charge in [0.25, 0.3) is 0 Å². The van der Waals surface area contributed by atoms with Gasteiger partial charge >= 0.3 is 11.8 Å². The van der Waals surface area contributed by atoms with Crippen molar-refractivity contribution < 1.29 is 9.59 Å². The van der Waals surface area contributed by atoms with E-state index in [9.17, 15) is 9.59 Å². The number of carbonyl (C=O) groups excluding carboxylic acids is 2. The Hall–Kier alpha value is -1.89. The second kappa shape index (κ2) is 9.35. The number of thiophene rings is 1. The Balaban J connectivity index is 1.38. The summed E-state index contributed by atoms with van der Waals surface area (Å²) in [4.78, 5) is 27.9. The number of benzene rings is 1. The molecule has 1 aliphatic heterocycles. The monoisotopic (exact) mass is 405 g/mol. The van der Waals surface area contributed by atoms with Gasteiger partial charge in [0.15, 0.2) is 0 Å². The summed E-state index contributed by atoms with van der Waals surface area (Å²) < 4.78 is 0. The fraction of sp³-hybridized carbons (Fsp3) is 0.400. The molecule has 1 aromatic carbocycles. The van der Waals surface area contributed by atoms with E-state index < -0.39 is 11.8 Å². The molecule has 0 atom stereocenters. The Bertz CT molecular complexity index is 787. The third-order valence-corrected chi connectivity index (χ3v) is 6.41. The number of amides is 2. The molecular weight excluding hydrogens is 382 g/mol. The summed E-state index contributed by atoms with van der Waals surface area (Å²) in [5.41, 5.74) is 1.30. The summed E-state index contributed by atoms with van der Waals surface area (Å²) in [7, 11) is 0. The third kappa shape index (κ3) is 5.31. The first kappa shape index (κ1) is 19.9. The molecule has 144 valence electrons. The van der Waals surface area contributed by atoms with E-state index in [-0.39, 0.29) is 0 Å². The van der Waals surface area contributed by atoms with Crippen LogP contribution in [0.15, 0.2) is 35.7 Å². The van der Waals surface area contributed by atoms with E-state index in [1.54, 1.807) is 25.1 Å². The summed E-state index contributed by atoms with van der Waals surface area (Å²) in [5, 5.41) is 8.00. The van der Waals surface area contributed by atoms with Gasteiger partial charge in [-0.25, -0.2) is 0 Å². The summed E-state index contributed by atoms with van der Waals surface area (Å²) in [6.45, 7) is 5.06. The number of hydrogen-bond donors (Lipinski definition) is 2. The normalized spacial score (nSPS) is 15.5. The smallest absolute Gasteiger partial charge is 0.313 e. The number of hydrogen-bond acceptors (Lipinski definition) is 4. The average Bonchev–Trinajstić information content (AvgIpc) is 3.20. The second-order valence-corrected chi connectivity index (χ2v) is 8.14. The molecule has 2 N–H and O–H groups in total. The van der Waals surface area contributed by atoms with Crippen LogP contribution in [0.3, 0.4) is 0 Å². The van der Waals surface area contributed by atoms with E-state index in [0.29, 0.717) is 23.2 Å². The number of anilines is 1. The number of rotatable bonds is 5. The van der Waals surface area contributed by atoms with Gasteiger partial charge in [-0.15, -0.1) is 11.3 Å². The fourth-order valence-electron chi connectivity index (χ4n) is 3.29. The molecule has 2 heterocycles. The molecule has 0 saturated carbocycles. The van der Waals surface area contributed by atoms with Crippen LogP contribution in [-0.4, -0.2) is 42.9 Å². The van der Waals surface area contributed by atoms with Crippen LogP contribution in [0.2, 0.25) is 5.02 Å². The fourth-order valence-corrected chi connectivity index (χ4v) is 4.37. The number of nitrogens with one attached hydrogen (secondary N) is 2. The van der Waals surface area contributed by atoms with Gasteiger partial charge in [-0.2, -0.15) is 0 Å². The first-order valence-corrected chi connectivity index (χ1v) is 10.4. The zero-order valence-electron chi connectivity index (χ0n) is 15.3. The molecule has 0 spiro atoms. The summed E-state index contributed by atoms with van der Waals surface area (Å²) in [6, 6.07) is 9.53. The number of piperidine rings is 1. The van der Waals surface area contributed by atoms with Gasteiger partial charge in [-0.3, -0.25) is 9.59 Å². The van der Waals surface area contributed by atoms with Crippen LogP contribution in [-0.2, 0) is 9.59 Å². The highest BCUT2D eigenvalue weighted by Gasteiger charge is 2.21. The van der Waals surface area contributed by atoms with Crippen LogP contribution in [0.5, 0.6) is 0 Å². The minimum absolute atomic E-state index is 0.463. The molecule has 1 aliphatic rings. The van der Waals surface area contributed by atoms with Gasteiger partial charge in [-0.1, -0.05) is 23.7 Å². The summed E-state index contributed by atoms with van der Waals surface area (Å²) >= 11 is 7.86. The molecule has 0 unspecified atom stereocenters. The highest BCUT2D eigenvalue weighted by atomic mass is 35.5. The highest BCUT2D eigenvalue weighted by molar-refractivity contribution is 7.10. The molecular formula is C20H24ClN3O2S. The molecule has 1 aromatic heterocycles. The maximum absolute atomic E-state index is 12.1. The molecule has 0 radical (unpaired) electrons. The maximum atomic E-state index is 12.1. The van der Waals surface area contributed by atoms with Crippen molar-refractivity contribution in [3.05, 3.63) is 51.2 Å². The first-order valence-electron chi connectivity index (χ1n) is 9.14. The lowest BCUT2D eigenvalue weighted by Crippen LogP contribution is -2.42. The lowest BCUT2D eigenvalue weighted by Gasteiger charge is -2.31. The Morgan fingerprint density at radius 3 is 2.67 bits per heavy atom. The minimum Gasteiger partial charge on any atom is -0.347 e. The zero-order valence-corrected chi connectivity index (χ0v) is 16.9. The Labute approximate surface area is 168 Å². The molecule has 27 heavy (non-hydrogen) atoms. The van der Waals surface area contributed by atoms with Gasteiger partial charge in [0.1, 0.15) is 0 Å². The third-order valence-electron chi connectivity index (χ3n) is 4.97. The highest BCUT2D eigenvalue weighted by Crippen LogP contribution is 2.30. The van der Waals surface area contributed by atoms with E-state index in [2.05, 4.69) is 33.0 Å². The number of nitrogens with zero attached hydrogens (tertiary/aromatic N) is 1. The molecule has 1 saturated heterocycles. The molecule has 0 bridgehead atoms. The van der Waals surface area contributed by atoms with Crippen molar-refractivity contribution in [2.75, 3.05) is 31.5 Å². The molecule has 5 nitrogen and oxygen atoms in total. The van der Waals surface area contributed by atoms with Crippen molar-refractivity contribution in [1.82, 2.24) is 10.2 Å². The van der Waals surface area contributed by atoms with Crippen LogP contribution >= 0.6 is 22.9 Å². The van der Waals surface area contributed by atoms with Crippen molar-refractivity contribution in [3.63, 3.8) is 0 Å². The Kier molecular flexibility index (Phi) is 6.88. The van der Waals surface area contributed by atoms with Gasteiger partial charge in [-0.05, 0) is 67.9 Å². The van der Waals surface area contributed by atoms with E-state index >= 15 is 0 Å². The van der Waals surface area contributed by atoms with Crippen molar-refractivity contribution in [2.24, 2.45) is 0 Å². The van der Waals surface area contributed by atoms with Crippen LogP contribution in [0, 0.1) is 6.92 Å². The van der Waals surface area contributed by atoms with E-state index in [1.165, 1.54) is 4.88 Å². The van der Waals surface area contributed by atoms with Crippen LogP contribution in [0.25, 0.3) is 0 Å². The number of likely N-dealkylation sites (tertiary alicyclic amines) is 1. The maximum Gasteiger partial charge on any atom is 0.313 e. The van der Waals surface area contributed by atoms with E-state index in [0.717, 1.165) is 38.0 Å². The molecule has 7 heteroatoms. The van der Waals surface area contributed by atoms with Crippen molar-refractivity contribution in [1.29, 1.82) is 0 Å². The van der Waals surface area contributed by atoms with Crippen LogP contribution in [0.4, 0.5) is 5.69 Å². The molecule has 3 rings (SSSR count). The number of halogens is 1. The van der Waals surface area contributed by atoms with Crippen LogP contribution in [0.1, 0.15) is 29.2 Å². The largest absolute Gasteiger partial charge is 0.347 e. The lowest BCUT2D eigenvalue weighted by molar-refractivity contribution is -0.136. The zero-order chi connectivity index (χ0) is 19.2. The predicted molar refractivity (Wildman–Crippen MR) is 111 cm³/mol. The molecule has 0 aliphatic carbocycles. The average molecular weight is 406 g/mol. The Morgan fingerprint density at radius 1 is 1.19 bits per heavy atom. The van der Waals surface area contributed by atoms with Gasteiger partial charge in [0.05, 0.1) is 0 Å². The van der Waals surface area contributed by atoms with Gasteiger partial charge in [0.2, 0.25) is 0 Å². The standard InChI is InChI=1S/C20H24ClN3O2S/c1-14-16(21)4-2-5-17(14)23-20(26)19(25)22-9-12-24-10-7-15(8-11-24)18-6-3-13-27-18/h2-6,13,15H,7-12H2,1H3,(H,22,25)(H,23,26). The topological polar surface area (TPSA) is 61.4 Å². The quantitative estimate of drug-likeness (QED) is 0.746. The summed E-state index contributed by atoms with van der Waals surface area (Å²) in [5.74, 6) is -0.637. The predicted octanol–water partition coefficient (Wildman–Crippen LogP) is 3.64. The lowest BCUT2D eigenvalue weighted by atomic mass is 9.95. The van der Waals surface area contributed by atoms with Crippen molar-refractivity contribution in [3.8, 4) is 0 Å². The van der Waals surface area contributed by atoms with Crippen LogP contribution < -0.4 is 10.6 Å². The van der Waals surface area contributed by atoms with Gasteiger partial charge < -0.3 is 15.5 Å². The van der Waals surface area contributed by atoms with Crippen molar-refractivity contribution >= 4 is 40.4 Å². The summed E-state index contributed by atoms with van der Waals surface area (Å²) in [6.07, 6.45) is 2.28. The SMILES string of the molecule is Cc1c(Cl)cccc1NC(=O)C(=O)NCCN1CCC(c2cccs2)CC1. The second-order valence-electron chi connectivity index (χ2n) is 6.75. The van der Waals surface area contributed by atoms with E-state index in [1.807, 2.05) is 11.3 Å². The Morgan fingerprint density at radius 2 is 1.96 bits per heavy atom. The molecule has 2 amide bonds. The minimum atomic E-state index is -0.670. The van der Waals surface area contributed by atoms with E-state index in [4.69, 9.17) is 11.6 Å².